The van der Waals surface area contributed by atoms with E-state index in [-0.39, 0.29) is 0 Å². The molecule has 102 valence electrons. The van der Waals surface area contributed by atoms with E-state index in [9.17, 15) is 0 Å². The summed E-state index contributed by atoms with van der Waals surface area (Å²) < 4.78 is 7.98. The minimum atomic E-state index is 0.532. The van der Waals surface area contributed by atoms with Crippen LogP contribution in [0.3, 0.4) is 0 Å². The molecule has 0 N–H and O–H groups in total. The molecule has 0 aliphatic carbocycles. The maximum atomic E-state index is 5.95. The van der Waals surface area contributed by atoms with Gasteiger partial charge in [0.1, 0.15) is 12.4 Å². The van der Waals surface area contributed by atoms with Crippen molar-refractivity contribution < 1.29 is 4.74 Å². The van der Waals surface area contributed by atoms with Gasteiger partial charge in [-0.05, 0) is 48.2 Å². The molecule has 0 saturated carbocycles. The van der Waals surface area contributed by atoms with Crippen molar-refractivity contribution in [3.8, 4) is 5.75 Å². The molecule has 2 nitrogen and oxygen atoms in total. The number of fused-ring (bicyclic) bond motifs is 1. The summed E-state index contributed by atoms with van der Waals surface area (Å²) in [6.45, 7) is 2.64. The first-order chi connectivity index (χ1) is 9.63. The number of halogens is 1. The lowest BCUT2D eigenvalue weighted by Crippen LogP contribution is -2.01. The van der Waals surface area contributed by atoms with Gasteiger partial charge in [-0.25, -0.2) is 0 Å². The molecule has 1 heterocycles. The van der Waals surface area contributed by atoms with Gasteiger partial charge in [-0.1, -0.05) is 29.8 Å². The normalized spacial score (nSPS) is 10.9. The second-order valence-corrected chi connectivity index (χ2v) is 5.44. The molecule has 0 atom stereocenters. The zero-order chi connectivity index (χ0) is 14.1. The van der Waals surface area contributed by atoms with Crippen molar-refractivity contribution >= 4 is 22.5 Å². The molecule has 3 aromatic rings. The molecular formula is C17H16ClNO. The van der Waals surface area contributed by atoms with Gasteiger partial charge in [0.05, 0.1) is 5.69 Å². The van der Waals surface area contributed by atoms with E-state index in [1.54, 1.807) is 0 Å². The molecule has 0 aliphatic rings. The molecule has 0 aliphatic heterocycles. The highest BCUT2D eigenvalue weighted by Gasteiger charge is 2.06. The molecular weight excluding hydrogens is 270 g/mol. The Balaban J connectivity index is 1.86. The summed E-state index contributed by atoms with van der Waals surface area (Å²) in [5, 5.41) is 1.93. The third kappa shape index (κ3) is 2.52. The van der Waals surface area contributed by atoms with Crippen molar-refractivity contribution in [1.82, 2.24) is 4.57 Å². The van der Waals surface area contributed by atoms with Crippen LogP contribution < -0.4 is 4.74 Å². The van der Waals surface area contributed by atoms with Crippen LogP contribution in [-0.4, -0.2) is 4.57 Å². The molecule has 3 rings (SSSR count). The molecule has 0 saturated heterocycles. The topological polar surface area (TPSA) is 14.2 Å². The van der Waals surface area contributed by atoms with Crippen molar-refractivity contribution in [1.29, 1.82) is 0 Å². The average molecular weight is 286 g/mol. The molecule has 0 radical (unpaired) electrons. The fraction of sp³-hybridized carbons (Fsp3) is 0.176. The van der Waals surface area contributed by atoms with Crippen molar-refractivity contribution in [3.05, 3.63) is 64.8 Å². The highest BCUT2D eigenvalue weighted by Crippen LogP contribution is 2.22. The monoisotopic (exact) mass is 285 g/mol. The molecule has 2 aromatic carbocycles. The maximum Gasteiger partial charge on any atom is 0.128 e. The van der Waals surface area contributed by atoms with Gasteiger partial charge >= 0.3 is 0 Å². The van der Waals surface area contributed by atoms with Crippen LogP contribution in [0.1, 0.15) is 11.3 Å². The van der Waals surface area contributed by atoms with E-state index in [4.69, 9.17) is 16.3 Å². The Hall–Kier alpha value is -1.93. The maximum absolute atomic E-state index is 5.95. The highest BCUT2D eigenvalue weighted by atomic mass is 35.5. The number of nitrogens with zero attached hydrogens (tertiary/aromatic N) is 1. The van der Waals surface area contributed by atoms with Gasteiger partial charge in [0.25, 0.3) is 0 Å². The quantitative estimate of drug-likeness (QED) is 0.679. The zero-order valence-corrected chi connectivity index (χ0v) is 12.3. The third-order valence-corrected chi connectivity index (χ3v) is 3.72. The van der Waals surface area contributed by atoms with Crippen molar-refractivity contribution in [2.45, 2.75) is 13.5 Å². The smallest absolute Gasteiger partial charge is 0.128 e. The lowest BCUT2D eigenvalue weighted by atomic mass is 10.2. The van der Waals surface area contributed by atoms with Crippen molar-refractivity contribution in [2.75, 3.05) is 0 Å². The number of aryl methyl sites for hydroxylation is 2. The third-order valence-electron chi connectivity index (χ3n) is 3.48. The van der Waals surface area contributed by atoms with E-state index < -0.39 is 0 Å². The molecule has 0 fully saturated rings. The largest absolute Gasteiger partial charge is 0.487 e. The van der Waals surface area contributed by atoms with Gasteiger partial charge in [0, 0.05) is 17.6 Å². The van der Waals surface area contributed by atoms with Crippen LogP contribution in [0.25, 0.3) is 10.9 Å². The second kappa shape index (κ2) is 5.22. The van der Waals surface area contributed by atoms with Gasteiger partial charge in [0.15, 0.2) is 0 Å². The molecule has 0 bridgehead atoms. The van der Waals surface area contributed by atoms with Crippen LogP contribution in [-0.2, 0) is 13.7 Å². The average Bonchev–Trinajstić information content (AvgIpc) is 2.73. The fourth-order valence-corrected chi connectivity index (χ4v) is 2.53. The minimum Gasteiger partial charge on any atom is -0.487 e. The second-order valence-electron chi connectivity index (χ2n) is 5.00. The lowest BCUT2D eigenvalue weighted by Gasteiger charge is -2.08. The van der Waals surface area contributed by atoms with E-state index in [0.29, 0.717) is 11.6 Å². The van der Waals surface area contributed by atoms with Gasteiger partial charge in [-0.15, -0.1) is 0 Å². The molecule has 1 aromatic heterocycles. The molecule has 0 amide bonds. The van der Waals surface area contributed by atoms with Crippen molar-refractivity contribution in [2.24, 2.45) is 7.05 Å². The highest BCUT2D eigenvalue weighted by molar-refractivity contribution is 6.30. The van der Waals surface area contributed by atoms with Gasteiger partial charge in [0.2, 0.25) is 0 Å². The van der Waals surface area contributed by atoms with Gasteiger partial charge in [-0.3, -0.25) is 0 Å². The molecule has 0 spiro atoms. The Labute approximate surface area is 123 Å². The Morgan fingerprint density at radius 3 is 2.75 bits per heavy atom. The zero-order valence-electron chi connectivity index (χ0n) is 11.6. The summed E-state index contributed by atoms with van der Waals surface area (Å²) >= 11 is 5.95. The first-order valence-electron chi connectivity index (χ1n) is 6.57. The Kier molecular flexibility index (Phi) is 3.41. The van der Waals surface area contributed by atoms with Crippen LogP contribution in [0.15, 0.2) is 48.5 Å². The first kappa shape index (κ1) is 13.1. The number of ether oxygens (including phenoxy) is 1. The summed E-state index contributed by atoms with van der Waals surface area (Å²) in [6, 6.07) is 16.1. The van der Waals surface area contributed by atoms with Crippen LogP contribution in [0.2, 0.25) is 5.02 Å². The number of hydrogen-bond donors (Lipinski definition) is 0. The van der Waals surface area contributed by atoms with E-state index in [1.807, 2.05) is 24.3 Å². The SMILES string of the molecule is Cc1ccc2cc(COc3cccc(Cl)c3)n(C)c2c1. The van der Waals surface area contributed by atoms with Gasteiger partial charge in [-0.2, -0.15) is 0 Å². The van der Waals surface area contributed by atoms with Gasteiger partial charge < -0.3 is 9.30 Å². The Morgan fingerprint density at radius 1 is 1.10 bits per heavy atom. The van der Waals surface area contributed by atoms with Crippen LogP contribution in [0, 0.1) is 6.92 Å². The predicted molar refractivity (Wildman–Crippen MR) is 83.4 cm³/mol. The van der Waals surface area contributed by atoms with E-state index in [1.165, 1.54) is 16.5 Å². The lowest BCUT2D eigenvalue weighted by molar-refractivity contribution is 0.298. The number of benzene rings is 2. The fourth-order valence-electron chi connectivity index (χ4n) is 2.35. The van der Waals surface area contributed by atoms with E-state index in [0.717, 1.165) is 11.4 Å². The summed E-state index contributed by atoms with van der Waals surface area (Å²) in [6.07, 6.45) is 0. The predicted octanol–water partition coefficient (Wildman–Crippen LogP) is 4.72. The van der Waals surface area contributed by atoms with Crippen LogP contribution in [0.5, 0.6) is 5.75 Å². The first-order valence-corrected chi connectivity index (χ1v) is 6.94. The Morgan fingerprint density at radius 2 is 1.95 bits per heavy atom. The summed E-state index contributed by atoms with van der Waals surface area (Å²) in [5.74, 6) is 0.791. The summed E-state index contributed by atoms with van der Waals surface area (Å²) in [4.78, 5) is 0. The standard InChI is InChI=1S/C17H16ClNO/c1-12-6-7-13-9-15(19(2)17(13)8-12)11-20-16-5-3-4-14(18)10-16/h3-10H,11H2,1-2H3. The van der Waals surface area contributed by atoms with E-state index >= 15 is 0 Å². The Bertz CT molecular complexity index is 761. The number of aromatic nitrogens is 1. The van der Waals surface area contributed by atoms with Crippen molar-refractivity contribution in [3.63, 3.8) is 0 Å². The number of rotatable bonds is 3. The number of hydrogen-bond acceptors (Lipinski definition) is 1. The summed E-state index contributed by atoms with van der Waals surface area (Å²) in [7, 11) is 2.07. The van der Waals surface area contributed by atoms with Crippen LogP contribution >= 0.6 is 11.6 Å². The molecule has 0 unspecified atom stereocenters. The molecule has 20 heavy (non-hydrogen) atoms. The molecule has 3 heteroatoms. The van der Waals surface area contributed by atoms with E-state index in [2.05, 4.69) is 42.8 Å². The minimum absolute atomic E-state index is 0.532. The van der Waals surface area contributed by atoms with Crippen LogP contribution in [0.4, 0.5) is 0 Å². The summed E-state index contributed by atoms with van der Waals surface area (Å²) in [5.41, 5.74) is 3.64.